The maximum atomic E-state index is 12.4. The van der Waals surface area contributed by atoms with Crippen molar-refractivity contribution < 1.29 is 5.11 Å². The molecule has 1 unspecified atom stereocenters. The summed E-state index contributed by atoms with van der Waals surface area (Å²) < 4.78 is 1.37. The zero-order valence-corrected chi connectivity index (χ0v) is 12.9. The van der Waals surface area contributed by atoms with E-state index >= 15 is 0 Å². The van der Waals surface area contributed by atoms with Crippen molar-refractivity contribution in [3.05, 3.63) is 74.8 Å². The van der Waals surface area contributed by atoms with Gasteiger partial charge in [-0.2, -0.15) is 0 Å². The molecule has 2 aromatic carbocycles. The lowest BCUT2D eigenvalue weighted by atomic mass is 10.1. The average Bonchev–Trinajstić information content (AvgIpc) is 2.50. The molecule has 0 fully saturated rings. The van der Waals surface area contributed by atoms with Gasteiger partial charge in [-0.15, -0.1) is 0 Å². The summed E-state index contributed by atoms with van der Waals surface area (Å²) in [5.74, 6) is 0. The number of fused-ring (bicyclic) bond motifs is 1. The van der Waals surface area contributed by atoms with Crippen LogP contribution in [0.2, 0.25) is 10.0 Å². The van der Waals surface area contributed by atoms with Gasteiger partial charge in [0.15, 0.2) is 0 Å². The number of rotatable bonds is 3. The Hall–Kier alpha value is -1.88. The van der Waals surface area contributed by atoms with Gasteiger partial charge in [-0.1, -0.05) is 41.4 Å². The molecule has 112 valence electrons. The summed E-state index contributed by atoms with van der Waals surface area (Å²) in [6.07, 6.45) is 0.503. The number of hydrogen-bond donors (Lipinski definition) is 1. The highest BCUT2D eigenvalue weighted by Crippen LogP contribution is 2.27. The van der Waals surface area contributed by atoms with Crippen molar-refractivity contribution in [3.8, 4) is 0 Å². The molecule has 1 heterocycles. The second-order valence-electron chi connectivity index (χ2n) is 4.90. The van der Waals surface area contributed by atoms with Crippen molar-refractivity contribution in [1.29, 1.82) is 0 Å². The number of aliphatic hydroxyl groups is 1. The van der Waals surface area contributed by atoms with Crippen molar-refractivity contribution in [3.63, 3.8) is 0 Å². The number of benzene rings is 2. The minimum atomic E-state index is -0.926. The predicted octanol–water partition coefficient (Wildman–Crippen LogP) is 3.44. The van der Waals surface area contributed by atoms with Crippen LogP contribution >= 0.6 is 23.2 Å². The Morgan fingerprint density at radius 3 is 2.73 bits per heavy atom. The zero-order valence-electron chi connectivity index (χ0n) is 11.4. The number of para-hydroxylation sites is 1. The van der Waals surface area contributed by atoms with E-state index in [1.54, 1.807) is 36.4 Å². The van der Waals surface area contributed by atoms with Gasteiger partial charge in [0.2, 0.25) is 0 Å². The molecule has 0 bridgehead atoms. The number of nitrogens with zero attached hydrogens (tertiary/aromatic N) is 2. The van der Waals surface area contributed by atoms with Crippen LogP contribution in [0.1, 0.15) is 11.7 Å². The van der Waals surface area contributed by atoms with Crippen LogP contribution < -0.4 is 5.56 Å². The van der Waals surface area contributed by atoms with E-state index in [9.17, 15) is 9.90 Å². The zero-order chi connectivity index (χ0) is 15.7. The SMILES string of the molecule is O=c1c2ccccc2ncn1CC(O)c1ccc(Cl)cc1Cl. The molecule has 6 heteroatoms. The minimum absolute atomic E-state index is 0.0675. The highest BCUT2D eigenvalue weighted by atomic mass is 35.5. The van der Waals surface area contributed by atoms with Gasteiger partial charge in [0.05, 0.1) is 29.9 Å². The molecule has 0 aliphatic rings. The van der Waals surface area contributed by atoms with Crippen LogP contribution in [0.5, 0.6) is 0 Å². The molecule has 0 aliphatic carbocycles. The molecule has 0 radical (unpaired) electrons. The van der Waals surface area contributed by atoms with E-state index in [0.29, 0.717) is 26.5 Å². The van der Waals surface area contributed by atoms with E-state index in [0.717, 1.165) is 0 Å². The minimum Gasteiger partial charge on any atom is -0.386 e. The smallest absolute Gasteiger partial charge is 0.261 e. The van der Waals surface area contributed by atoms with Crippen molar-refractivity contribution in [2.45, 2.75) is 12.6 Å². The third kappa shape index (κ3) is 2.86. The summed E-state index contributed by atoms with van der Waals surface area (Å²) in [4.78, 5) is 16.6. The highest BCUT2D eigenvalue weighted by molar-refractivity contribution is 6.35. The molecule has 0 amide bonds. The van der Waals surface area contributed by atoms with Crippen molar-refractivity contribution >= 4 is 34.1 Å². The van der Waals surface area contributed by atoms with Crippen molar-refractivity contribution in [2.24, 2.45) is 0 Å². The molecule has 22 heavy (non-hydrogen) atoms. The van der Waals surface area contributed by atoms with Gasteiger partial charge >= 0.3 is 0 Å². The van der Waals surface area contributed by atoms with E-state index < -0.39 is 6.10 Å². The Labute approximate surface area is 136 Å². The monoisotopic (exact) mass is 334 g/mol. The number of aliphatic hydroxyl groups excluding tert-OH is 1. The van der Waals surface area contributed by atoms with Gasteiger partial charge < -0.3 is 5.11 Å². The third-order valence-electron chi connectivity index (χ3n) is 3.42. The first-order valence-electron chi connectivity index (χ1n) is 6.63. The fourth-order valence-electron chi connectivity index (χ4n) is 2.29. The van der Waals surface area contributed by atoms with Gasteiger partial charge in [0.1, 0.15) is 0 Å². The number of hydrogen-bond acceptors (Lipinski definition) is 3. The normalized spacial score (nSPS) is 12.5. The van der Waals surface area contributed by atoms with Crippen LogP contribution in [-0.2, 0) is 6.54 Å². The summed E-state index contributed by atoms with van der Waals surface area (Å²) in [5, 5.41) is 11.7. The molecular formula is C16H12Cl2N2O2. The van der Waals surface area contributed by atoms with E-state index in [4.69, 9.17) is 23.2 Å². The number of halogens is 2. The van der Waals surface area contributed by atoms with Crippen LogP contribution in [0.4, 0.5) is 0 Å². The van der Waals surface area contributed by atoms with Crippen molar-refractivity contribution in [1.82, 2.24) is 9.55 Å². The highest BCUT2D eigenvalue weighted by Gasteiger charge is 2.14. The van der Waals surface area contributed by atoms with Crippen LogP contribution in [0.25, 0.3) is 10.9 Å². The van der Waals surface area contributed by atoms with E-state index in [1.165, 1.54) is 10.9 Å². The first-order chi connectivity index (χ1) is 10.6. The maximum absolute atomic E-state index is 12.4. The quantitative estimate of drug-likeness (QED) is 0.798. The standard InChI is InChI=1S/C16H12Cl2N2O2/c17-10-5-6-11(13(18)7-10)15(21)8-20-9-19-14-4-2-1-3-12(14)16(20)22/h1-7,9,15,21H,8H2. The lowest BCUT2D eigenvalue weighted by molar-refractivity contribution is 0.155. The molecule has 0 aliphatic heterocycles. The molecule has 0 saturated carbocycles. The Kier molecular flexibility index (Phi) is 4.16. The van der Waals surface area contributed by atoms with Crippen molar-refractivity contribution in [2.75, 3.05) is 0 Å². The van der Waals surface area contributed by atoms with Crippen LogP contribution in [-0.4, -0.2) is 14.7 Å². The lowest BCUT2D eigenvalue weighted by Crippen LogP contribution is -2.23. The Morgan fingerprint density at radius 1 is 1.18 bits per heavy atom. The van der Waals surface area contributed by atoms with Gasteiger partial charge in [-0.25, -0.2) is 4.98 Å². The summed E-state index contributed by atoms with van der Waals surface area (Å²) in [6, 6.07) is 11.9. The van der Waals surface area contributed by atoms with Crippen LogP contribution in [0.3, 0.4) is 0 Å². The van der Waals surface area contributed by atoms with Crippen LogP contribution in [0, 0.1) is 0 Å². The van der Waals surface area contributed by atoms with Gasteiger partial charge in [-0.3, -0.25) is 9.36 Å². The van der Waals surface area contributed by atoms with E-state index in [-0.39, 0.29) is 12.1 Å². The molecule has 0 saturated heterocycles. The molecule has 4 nitrogen and oxygen atoms in total. The van der Waals surface area contributed by atoms with Crippen LogP contribution in [0.15, 0.2) is 53.6 Å². The summed E-state index contributed by atoms with van der Waals surface area (Å²) >= 11 is 11.9. The largest absolute Gasteiger partial charge is 0.386 e. The van der Waals surface area contributed by atoms with Gasteiger partial charge in [0, 0.05) is 15.6 Å². The number of aromatic nitrogens is 2. The fourth-order valence-corrected chi connectivity index (χ4v) is 2.83. The molecule has 1 atom stereocenters. The van der Waals surface area contributed by atoms with Gasteiger partial charge in [0.25, 0.3) is 5.56 Å². The molecule has 1 N–H and O–H groups in total. The molecule has 3 aromatic rings. The maximum Gasteiger partial charge on any atom is 0.261 e. The summed E-state index contributed by atoms with van der Waals surface area (Å²) in [7, 11) is 0. The molecule has 1 aromatic heterocycles. The molecule has 0 spiro atoms. The Bertz CT molecular complexity index is 893. The molecular weight excluding hydrogens is 323 g/mol. The first-order valence-corrected chi connectivity index (χ1v) is 7.39. The average molecular weight is 335 g/mol. The fraction of sp³-hybridized carbons (Fsp3) is 0.125. The van der Waals surface area contributed by atoms with Gasteiger partial charge in [-0.05, 0) is 24.3 Å². The summed E-state index contributed by atoms with van der Waals surface area (Å²) in [5.41, 5.74) is 0.948. The predicted molar refractivity (Wildman–Crippen MR) is 87.4 cm³/mol. The summed E-state index contributed by atoms with van der Waals surface area (Å²) in [6.45, 7) is 0.0675. The van der Waals surface area contributed by atoms with E-state index in [2.05, 4.69) is 4.98 Å². The first kappa shape index (κ1) is 15.0. The third-order valence-corrected chi connectivity index (χ3v) is 3.99. The lowest BCUT2D eigenvalue weighted by Gasteiger charge is -2.14. The van der Waals surface area contributed by atoms with E-state index in [1.807, 2.05) is 6.07 Å². The topological polar surface area (TPSA) is 55.1 Å². The Morgan fingerprint density at radius 2 is 1.95 bits per heavy atom. The molecule has 3 rings (SSSR count). The second-order valence-corrected chi connectivity index (χ2v) is 5.74. The second kappa shape index (κ2) is 6.08. The Balaban J connectivity index is 1.96.